The monoisotopic (exact) mass is 426 g/mol. The number of hydrogen-bond acceptors (Lipinski definition) is 8. The van der Waals surface area contributed by atoms with E-state index < -0.39 is 29.1 Å². The molecule has 8 nitrogen and oxygen atoms in total. The van der Waals surface area contributed by atoms with Crippen molar-refractivity contribution in [3.63, 3.8) is 0 Å². The lowest BCUT2D eigenvalue weighted by molar-refractivity contribution is -0.230. The molecular formula is C23H22O8. The van der Waals surface area contributed by atoms with E-state index in [9.17, 15) is 14.7 Å². The van der Waals surface area contributed by atoms with Crippen LogP contribution in [0.3, 0.4) is 0 Å². The molecule has 1 aliphatic carbocycles. The topological polar surface area (TPSA) is 101 Å². The number of rotatable bonds is 3. The van der Waals surface area contributed by atoms with Crippen LogP contribution < -0.4 is 9.47 Å². The van der Waals surface area contributed by atoms with Gasteiger partial charge in [-0.3, -0.25) is 9.59 Å². The molecule has 1 fully saturated rings. The zero-order valence-corrected chi connectivity index (χ0v) is 17.4. The van der Waals surface area contributed by atoms with Gasteiger partial charge in [0.15, 0.2) is 17.5 Å². The van der Waals surface area contributed by atoms with Gasteiger partial charge in [-0.25, -0.2) is 0 Å². The fourth-order valence-electron chi connectivity index (χ4n) is 4.62. The van der Waals surface area contributed by atoms with Crippen LogP contribution in [0, 0.1) is 0 Å². The van der Waals surface area contributed by atoms with Crippen molar-refractivity contribution < 1.29 is 38.4 Å². The summed E-state index contributed by atoms with van der Waals surface area (Å²) < 4.78 is 28.6. The summed E-state index contributed by atoms with van der Waals surface area (Å²) in [6, 6.07) is 3.26. The Morgan fingerprint density at radius 3 is 2.71 bits per heavy atom. The first-order chi connectivity index (χ1) is 14.7. The van der Waals surface area contributed by atoms with Gasteiger partial charge in [0.25, 0.3) is 0 Å². The molecule has 1 aromatic carbocycles. The SMILES string of the molecule is C=C(C)C1Cc2c(ccc3c2OC2COC4(OC)C=C(OC)C(=O)C=C4C2(O)C3=O)O1. The molecule has 3 heterocycles. The molecule has 0 bridgehead atoms. The lowest BCUT2D eigenvalue weighted by atomic mass is 9.71. The average Bonchev–Trinajstić information content (AvgIpc) is 3.20. The third kappa shape index (κ3) is 2.52. The molecule has 0 radical (unpaired) electrons. The van der Waals surface area contributed by atoms with Crippen LogP contribution >= 0.6 is 0 Å². The maximum Gasteiger partial charge on any atom is 0.220 e. The van der Waals surface area contributed by atoms with E-state index in [0.29, 0.717) is 17.9 Å². The first-order valence-corrected chi connectivity index (χ1v) is 9.90. The maximum atomic E-state index is 13.7. The second-order valence-electron chi connectivity index (χ2n) is 8.10. The number of methoxy groups -OCH3 is 2. The van der Waals surface area contributed by atoms with Crippen LogP contribution in [0.1, 0.15) is 22.8 Å². The van der Waals surface area contributed by atoms with Gasteiger partial charge in [-0.2, -0.15) is 0 Å². The standard InChI is InChI=1S/C23H22O8/c1-11(2)16-7-13-15(30-16)6-5-12-20(13)31-19-10-29-22(28-4)9-17(27-3)14(24)8-18(22)23(19,26)21(12)25/h5-6,8-9,16,19,26H,1,7,10H2,2-4H3. The van der Waals surface area contributed by atoms with Crippen molar-refractivity contribution in [1.29, 1.82) is 0 Å². The molecule has 0 aromatic heterocycles. The first-order valence-electron chi connectivity index (χ1n) is 9.90. The molecule has 0 amide bonds. The van der Waals surface area contributed by atoms with Gasteiger partial charge in [0.1, 0.15) is 17.6 Å². The number of carbonyl (C=O) groups is 2. The van der Waals surface area contributed by atoms with Gasteiger partial charge >= 0.3 is 0 Å². The van der Waals surface area contributed by atoms with Crippen molar-refractivity contribution in [1.82, 2.24) is 0 Å². The van der Waals surface area contributed by atoms with Crippen LogP contribution in [0.2, 0.25) is 0 Å². The quantitative estimate of drug-likeness (QED) is 0.729. The average molecular weight is 426 g/mol. The maximum absolute atomic E-state index is 13.7. The second kappa shape index (κ2) is 6.53. The number of fused-ring (bicyclic) bond motifs is 6. The molecule has 1 N–H and O–H groups in total. The summed E-state index contributed by atoms with van der Waals surface area (Å²) in [4.78, 5) is 26.1. The van der Waals surface area contributed by atoms with Crippen LogP contribution in [0.25, 0.3) is 0 Å². The first kappa shape index (κ1) is 20.0. The van der Waals surface area contributed by atoms with E-state index >= 15 is 0 Å². The molecule has 0 saturated carbocycles. The third-order valence-electron chi connectivity index (χ3n) is 6.34. The summed E-state index contributed by atoms with van der Waals surface area (Å²) >= 11 is 0. The smallest absolute Gasteiger partial charge is 0.220 e. The Morgan fingerprint density at radius 1 is 1.26 bits per heavy atom. The molecule has 1 saturated heterocycles. The number of ketones is 2. The molecule has 8 heteroatoms. The lowest BCUT2D eigenvalue weighted by Gasteiger charge is -2.50. The van der Waals surface area contributed by atoms with Gasteiger partial charge in [0, 0.05) is 30.7 Å². The molecule has 4 aliphatic rings. The normalized spacial score (nSPS) is 33.0. The van der Waals surface area contributed by atoms with E-state index in [4.69, 9.17) is 23.7 Å². The van der Waals surface area contributed by atoms with Crippen molar-refractivity contribution in [2.24, 2.45) is 0 Å². The summed E-state index contributed by atoms with van der Waals surface area (Å²) in [5.41, 5.74) is -0.350. The van der Waals surface area contributed by atoms with Crippen LogP contribution in [0.4, 0.5) is 0 Å². The zero-order valence-electron chi connectivity index (χ0n) is 17.4. The summed E-state index contributed by atoms with van der Waals surface area (Å²) in [6.07, 6.45) is 1.70. The van der Waals surface area contributed by atoms with E-state index in [2.05, 4.69) is 6.58 Å². The highest BCUT2D eigenvalue weighted by Gasteiger charge is 2.64. The Labute approximate surface area is 178 Å². The van der Waals surface area contributed by atoms with Crippen LogP contribution in [-0.4, -0.2) is 61.1 Å². The Hall–Kier alpha value is -2.94. The Bertz CT molecular complexity index is 1100. The highest BCUT2D eigenvalue weighted by Crippen LogP contribution is 2.51. The highest BCUT2D eigenvalue weighted by atomic mass is 16.7. The fourth-order valence-corrected chi connectivity index (χ4v) is 4.62. The Balaban J connectivity index is 1.63. The van der Waals surface area contributed by atoms with Crippen molar-refractivity contribution in [2.75, 3.05) is 20.8 Å². The van der Waals surface area contributed by atoms with Crippen LogP contribution in [0.15, 0.2) is 47.8 Å². The molecular weight excluding hydrogens is 404 g/mol. The molecule has 3 aliphatic heterocycles. The number of Topliss-reactive ketones (excluding diaryl/α,β-unsaturated/α-hetero) is 1. The number of carbonyl (C=O) groups excluding carboxylic acids is 2. The predicted molar refractivity (Wildman–Crippen MR) is 107 cm³/mol. The van der Waals surface area contributed by atoms with Crippen molar-refractivity contribution in [3.05, 3.63) is 58.9 Å². The van der Waals surface area contributed by atoms with Gasteiger partial charge < -0.3 is 28.8 Å². The van der Waals surface area contributed by atoms with E-state index in [1.165, 1.54) is 20.3 Å². The van der Waals surface area contributed by atoms with Gasteiger partial charge in [-0.05, 0) is 30.7 Å². The molecule has 5 rings (SSSR count). The molecule has 0 spiro atoms. The summed E-state index contributed by atoms with van der Waals surface area (Å²) in [5, 5.41) is 11.7. The van der Waals surface area contributed by atoms with E-state index in [0.717, 1.165) is 17.2 Å². The molecule has 1 aromatic rings. The van der Waals surface area contributed by atoms with Gasteiger partial charge in [-0.1, -0.05) is 6.58 Å². The number of hydrogen-bond donors (Lipinski definition) is 1. The zero-order chi connectivity index (χ0) is 22.1. The summed E-state index contributed by atoms with van der Waals surface area (Å²) in [6.45, 7) is 5.67. The van der Waals surface area contributed by atoms with Gasteiger partial charge in [-0.15, -0.1) is 0 Å². The Morgan fingerprint density at radius 2 is 2.03 bits per heavy atom. The van der Waals surface area contributed by atoms with Gasteiger partial charge in [0.2, 0.25) is 17.4 Å². The minimum absolute atomic E-state index is 0.00182. The minimum atomic E-state index is -2.14. The third-order valence-corrected chi connectivity index (χ3v) is 6.34. The molecule has 162 valence electrons. The number of aliphatic hydroxyl groups is 1. The lowest BCUT2D eigenvalue weighted by Crippen LogP contribution is -2.67. The number of ether oxygens (including phenoxy) is 5. The number of benzene rings is 1. The molecule has 31 heavy (non-hydrogen) atoms. The molecule has 4 unspecified atom stereocenters. The fraction of sp³-hybridized carbons (Fsp3) is 0.391. The predicted octanol–water partition coefficient (Wildman–Crippen LogP) is 1.65. The van der Waals surface area contributed by atoms with Crippen LogP contribution in [0.5, 0.6) is 11.5 Å². The Kier molecular flexibility index (Phi) is 4.21. The molecule has 4 atom stereocenters. The van der Waals surface area contributed by atoms with Gasteiger partial charge in [0.05, 0.1) is 19.3 Å². The van der Waals surface area contributed by atoms with E-state index in [1.807, 2.05) is 6.92 Å². The van der Waals surface area contributed by atoms with Crippen LogP contribution in [-0.2, 0) is 25.4 Å². The second-order valence-corrected chi connectivity index (χ2v) is 8.10. The largest absolute Gasteiger partial charge is 0.493 e. The number of allylic oxidation sites excluding steroid dienone is 1. The van der Waals surface area contributed by atoms with E-state index in [-0.39, 0.29) is 29.6 Å². The van der Waals surface area contributed by atoms with Crippen molar-refractivity contribution in [3.8, 4) is 11.5 Å². The highest BCUT2D eigenvalue weighted by molar-refractivity contribution is 6.12. The van der Waals surface area contributed by atoms with Crippen molar-refractivity contribution >= 4 is 11.6 Å². The summed E-state index contributed by atoms with van der Waals surface area (Å²) in [5.74, 6) is -1.73. The minimum Gasteiger partial charge on any atom is -0.493 e. The summed E-state index contributed by atoms with van der Waals surface area (Å²) in [7, 11) is 2.71. The van der Waals surface area contributed by atoms with Crippen molar-refractivity contribution in [2.45, 2.75) is 36.9 Å². The van der Waals surface area contributed by atoms with E-state index in [1.54, 1.807) is 12.1 Å².